The van der Waals surface area contributed by atoms with Gasteiger partial charge in [-0.15, -0.1) is 0 Å². The Morgan fingerprint density at radius 2 is 1.79 bits per heavy atom. The first kappa shape index (κ1) is 26.8. The predicted molar refractivity (Wildman–Crippen MR) is 144 cm³/mol. The average molecular weight is 552 g/mol. The zero-order valence-electron chi connectivity index (χ0n) is 21.3. The zero-order chi connectivity index (χ0) is 27.5. The van der Waals surface area contributed by atoms with Crippen molar-refractivity contribution in [3.8, 4) is 5.75 Å². The second kappa shape index (κ2) is 11.5. The number of imide groups is 1. The van der Waals surface area contributed by atoms with Crippen LogP contribution in [-0.2, 0) is 11.3 Å². The van der Waals surface area contributed by atoms with E-state index in [1.807, 2.05) is 0 Å². The molecule has 0 saturated carbocycles. The van der Waals surface area contributed by atoms with Crippen molar-refractivity contribution in [1.82, 2.24) is 10.2 Å². The molecule has 2 aliphatic heterocycles. The molecule has 3 aromatic carbocycles. The number of hydrogen-bond donors (Lipinski definition) is 1. The van der Waals surface area contributed by atoms with E-state index in [9.17, 15) is 18.8 Å². The van der Waals surface area contributed by atoms with Gasteiger partial charge < -0.3 is 14.8 Å². The third kappa shape index (κ3) is 5.66. The molecule has 0 spiro atoms. The van der Waals surface area contributed by atoms with E-state index in [1.54, 1.807) is 43.3 Å². The molecular weight excluding hydrogens is 525 g/mol. The van der Waals surface area contributed by atoms with Crippen molar-refractivity contribution in [2.24, 2.45) is 0 Å². The number of carbonyl (C=O) groups is 3. The summed E-state index contributed by atoms with van der Waals surface area (Å²) in [6.07, 6.45) is -0.244. The van der Waals surface area contributed by atoms with Crippen LogP contribution in [0.15, 0.2) is 60.7 Å². The molecule has 0 bridgehead atoms. The van der Waals surface area contributed by atoms with Crippen LogP contribution >= 0.6 is 11.6 Å². The van der Waals surface area contributed by atoms with Crippen molar-refractivity contribution >= 4 is 35.0 Å². The van der Waals surface area contributed by atoms with Gasteiger partial charge in [-0.1, -0.05) is 35.9 Å². The molecule has 0 radical (unpaired) electrons. The largest absolute Gasteiger partial charge is 0.493 e. The van der Waals surface area contributed by atoms with Crippen molar-refractivity contribution in [3.63, 3.8) is 0 Å². The molecule has 10 heteroatoms. The lowest BCUT2D eigenvalue weighted by Crippen LogP contribution is -2.47. The lowest BCUT2D eigenvalue weighted by Gasteiger charge is -2.33. The van der Waals surface area contributed by atoms with Gasteiger partial charge >= 0.3 is 0 Å². The maximum Gasteiger partial charge on any atom is 0.266 e. The first-order valence-corrected chi connectivity index (χ1v) is 13.0. The number of morpholine rings is 1. The van der Waals surface area contributed by atoms with Crippen molar-refractivity contribution in [3.05, 3.63) is 93.8 Å². The second-order valence-electron chi connectivity index (χ2n) is 9.29. The number of benzene rings is 3. The van der Waals surface area contributed by atoms with Crippen LogP contribution in [0.2, 0.25) is 5.02 Å². The molecule has 0 aliphatic carbocycles. The van der Waals surface area contributed by atoms with Gasteiger partial charge in [0, 0.05) is 32.2 Å². The Morgan fingerprint density at radius 3 is 2.46 bits per heavy atom. The topological polar surface area (TPSA) is 88.2 Å². The molecule has 5 rings (SSSR count). The molecule has 8 nitrogen and oxygen atoms in total. The summed E-state index contributed by atoms with van der Waals surface area (Å²) in [7, 11) is 0. The maximum atomic E-state index is 13.2. The summed E-state index contributed by atoms with van der Waals surface area (Å²) in [6.45, 7) is 4.75. The fraction of sp³-hybridized carbons (Fsp3) is 0.276. The monoisotopic (exact) mass is 551 g/mol. The zero-order valence-corrected chi connectivity index (χ0v) is 22.0. The Balaban J connectivity index is 1.28. The van der Waals surface area contributed by atoms with Crippen LogP contribution in [0.5, 0.6) is 5.75 Å². The molecule has 3 aromatic rings. The molecule has 39 heavy (non-hydrogen) atoms. The van der Waals surface area contributed by atoms with Crippen LogP contribution in [0.1, 0.15) is 43.6 Å². The van der Waals surface area contributed by atoms with E-state index >= 15 is 0 Å². The van der Waals surface area contributed by atoms with E-state index in [0.29, 0.717) is 30.8 Å². The minimum Gasteiger partial charge on any atom is -0.493 e. The maximum absolute atomic E-state index is 13.2. The quantitative estimate of drug-likeness (QED) is 0.420. The first-order chi connectivity index (χ1) is 18.9. The second-order valence-corrected chi connectivity index (χ2v) is 9.70. The van der Waals surface area contributed by atoms with E-state index in [0.717, 1.165) is 17.0 Å². The van der Waals surface area contributed by atoms with Gasteiger partial charge in [-0.2, -0.15) is 0 Å². The lowest BCUT2D eigenvalue weighted by atomic mass is 10.1. The number of halogens is 2. The summed E-state index contributed by atoms with van der Waals surface area (Å²) in [6, 6.07) is 15.8. The molecule has 1 fully saturated rings. The van der Waals surface area contributed by atoms with Gasteiger partial charge in [-0.05, 0) is 42.8 Å². The third-order valence-electron chi connectivity index (χ3n) is 6.66. The normalized spacial score (nSPS) is 17.3. The third-order valence-corrected chi connectivity index (χ3v) is 6.96. The highest BCUT2D eigenvalue weighted by atomic mass is 35.5. The number of nitrogens with one attached hydrogen (secondary N) is 1. The summed E-state index contributed by atoms with van der Waals surface area (Å²) in [4.78, 5) is 42.3. The molecule has 1 atom stereocenters. The van der Waals surface area contributed by atoms with Gasteiger partial charge in [0.15, 0.2) is 0 Å². The standard InChI is InChI=1S/C29H27ClFN3O5/c1-2-38-26-14-25(34-28(36)21-5-3-4-6-22(21)29(34)37)24(30)13-23(26)27(35)32-15-20-17-33(11-12-39-20)16-18-7-9-19(31)10-8-18/h3-10,13-14,20H,2,11-12,15-17H2,1H3,(H,32,35). The summed E-state index contributed by atoms with van der Waals surface area (Å²) in [5, 5.41) is 2.95. The average Bonchev–Trinajstić information content (AvgIpc) is 3.19. The Bertz CT molecular complexity index is 1380. The number of anilines is 1. The highest BCUT2D eigenvalue weighted by molar-refractivity contribution is 6.40. The predicted octanol–water partition coefficient (Wildman–Crippen LogP) is 4.31. The minimum absolute atomic E-state index is 0.0671. The molecule has 0 aromatic heterocycles. The van der Waals surface area contributed by atoms with Crippen molar-refractivity contribution in [2.45, 2.75) is 19.6 Å². The van der Waals surface area contributed by atoms with Gasteiger partial charge in [0.1, 0.15) is 11.6 Å². The molecule has 1 N–H and O–H groups in total. The van der Waals surface area contributed by atoms with Crippen LogP contribution in [0, 0.1) is 5.82 Å². The molecule has 2 heterocycles. The Labute approximate surface area is 230 Å². The van der Waals surface area contributed by atoms with Gasteiger partial charge in [-0.25, -0.2) is 9.29 Å². The summed E-state index contributed by atoms with van der Waals surface area (Å²) in [5.41, 5.74) is 1.91. The number of carbonyl (C=O) groups excluding carboxylic acids is 3. The van der Waals surface area contributed by atoms with Crippen molar-refractivity contribution in [2.75, 3.05) is 37.7 Å². The van der Waals surface area contributed by atoms with Crippen LogP contribution in [0.4, 0.5) is 10.1 Å². The van der Waals surface area contributed by atoms with E-state index in [1.165, 1.54) is 24.3 Å². The fourth-order valence-electron chi connectivity index (χ4n) is 4.77. The van der Waals surface area contributed by atoms with Gasteiger partial charge in [0.25, 0.3) is 17.7 Å². The summed E-state index contributed by atoms with van der Waals surface area (Å²) < 4.78 is 24.8. The van der Waals surface area contributed by atoms with E-state index in [-0.39, 0.29) is 47.1 Å². The number of hydrogen-bond acceptors (Lipinski definition) is 6. The van der Waals surface area contributed by atoms with Crippen LogP contribution in [-0.4, -0.2) is 61.6 Å². The van der Waals surface area contributed by atoms with E-state index in [4.69, 9.17) is 21.1 Å². The molecule has 2 aliphatic rings. The molecule has 3 amide bonds. The van der Waals surface area contributed by atoms with Crippen molar-refractivity contribution < 1.29 is 28.2 Å². The Kier molecular flexibility index (Phi) is 7.92. The lowest BCUT2D eigenvalue weighted by molar-refractivity contribution is -0.0292. The minimum atomic E-state index is -0.489. The van der Waals surface area contributed by atoms with E-state index in [2.05, 4.69) is 10.2 Å². The summed E-state index contributed by atoms with van der Waals surface area (Å²) >= 11 is 6.52. The van der Waals surface area contributed by atoms with Crippen LogP contribution in [0.3, 0.4) is 0 Å². The highest BCUT2D eigenvalue weighted by Gasteiger charge is 2.38. The number of amides is 3. The van der Waals surface area contributed by atoms with Crippen LogP contribution in [0.25, 0.3) is 0 Å². The summed E-state index contributed by atoms with van der Waals surface area (Å²) in [5.74, 6) is -1.47. The van der Waals surface area contributed by atoms with Gasteiger partial charge in [-0.3, -0.25) is 19.3 Å². The molecular formula is C29H27ClFN3O5. The Hall–Kier alpha value is -3.79. The van der Waals surface area contributed by atoms with Gasteiger partial charge in [0.2, 0.25) is 0 Å². The first-order valence-electron chi connectivity index (χ1n) is 12.7. The van der Waals surface area contributed by atoms with E-state index < -0.39 is 17.7 Å². The molecule has 1 saturated heterocycles. The van der Waals surface area contributed by atoms with Crippen molar-refractivity contribution in [1.29, 1.82) is 0 Å². The van der Waals surface area contributed by atoms with Crippen LogP contribution < -0.4 is 15.0 Å². The number of fused-ring (bicyclic) bond motifs is 1. The molecule has 1 unspecified atom stereocenters. The van der Waals surface area contributed by atoms with Gasteiger partial charge in [0.05, 0.1) is 46.7 Å². The Morgan fingerprint density at radius 1 is 1.10 bits per heavy atom. The number of nitrogens with zero attached hydrogens (tertiary/aromatic N) is 2. The number of ether oxygens (including phenoxy) is 2. The molecule has 202 valence electrons. The highest BCUT2D eigenvalue weighted by Crippen LogP contribution is 2.38. The smallest absolute Gasteiger partial charge is 0.266 e. The SMILES string of the molecule is CCOc1cc(N2C(=O)c3ccccc3C2=O)c(Cl)cc1C(=O)NCC1CN(Cc2ccc(F)cc2)CCO1. The fourth-order valence-corrected chi connectivity index (χ4v) is 5.02. The number of rotatable bonds is 8.